The summed E-state index contributed by atoms with van der Waals surface area (Å²) in [6, 6.07) is 6.57. The van der Waals surface area contributed by atoms with Gasteiger partial charge in [0, 0.05) is 10.8 Å². The number of esters is 1. The molecule has 1 aromatic rings. The van der Waals surface area contributed by atoms with Crippen molar-refractivity contribution < 1.29 is 27.5 Å². The number of rotatable bonds is 7. The monoisotopic (exact) mass is 399 g/mol. The Morgan fingerprint density at radius 2 is 2.00 bits per heavy atom. The number of ketones is 1. The fourth-order valence-electron chi connectivity index (χ4n) is 2.50. The third-order valence-electron chi connectivity index (χ3n) is 3.87. The van der Waals surface area contributed by atoms with Gasteiger partial charge in [-0.3, -0.25) is 14.4 Å². The van der Waals surface area contributed by atoms with E-state index < -0.39 is 27.8 Å². The van der Waals surface area contributed by atoms with Gasteiger partial charge in [0.1, 0.15) is 0 Å². The molecular formula is C17H21NO6S2. The number of sulfone groups is 1. The first kappa shape index (κ1) is 20.4. The van der Waals surface area contributed by atoms with Gasteiger partial charge in [-0.1, -0.05) is 12.1 Å². The Morgan fingerprint density at radius 3 is 2.62 bits per heavy atom. The SMILES string of the molecule is CC(=O)c1ccccc1NC(=O)[C@H](C)OC(=O)CS[C@H]1CCS(=O)(=O)C1. The molecule has 1 heterocycles. The molecule has 9 heteroatoms. The van der Waals surface area contributed by atoms with Crippen LogP contribution in [0.15, 0.2) is 24.3 Å². The van der Waals surface area contributed by atoms with E-state index in [4.69, 9.17) is 4.74 Å². The number of benzene rings is 1. The lowest BCUT2D eigenvalue weighted by Crippen LogP contribution is -2.31. The number of carbonyl (C=O) groups is 3. The second kappa shape index (κ2) is 8.68. The van der Waals surface area contributed by atoms with E-state index in [0.29, 0.717) is 17.7 Å². The summed E-state index contributed by atoms with van der Waals surface area (Å²) < 4.78 is 27.9. The zero-order valence-electron chi connectivity index (χ0n) is 14.6. The van der Waals surface area contributed by atoms with E-state index in [1.54, 1.807) is 24.3 Å². The maximum Gasteiger partial charge on any atom is 0.316 e. The van der Waals surface area contributed by atoms with Gasteiger partial charge >= 0.3 is 5.97 Å². The van der Waals surface area contributed by atoms with Crippen molar-refractivity contribution in [2.75, 3.05) is 22.6 Å². The van der Waals surface area contributed by atoms with Crippen LogP contribution in [0.25, 0.3) is 0 Å². The molecule has 1 aliphatic rings. The van der Waals surface area contributed by atoms with Crippen LogP contribution in [0.2, 0.25) is 0 Å². The van der Waals surface area contributed by atoms with Gasteiger partial charge in [-0.25, -0.2) is 8.42 Å². The Balaban J connectivity index is 1.83. The van der Waals surface area contributed by atoms with E-state index in [9.17, 15) is 22.8 Å². The Bertz CT molecular complexity index is 805. The number of anilines is 1. The van der Waals surface area contributed by atoms with Crippen LogP contribution in [0, 0.1) is 0 Å². The maximum atomic E-state index is 12.2. The molecular weight excluding hydrogens is 378 g/mol. The van der Waals surface area contributed by atoms with Crippen molar-refractivity contribution >= 4 is 44.9 Å². The lowest BCUT2D eigenvalue weighted by atomic mass is 10.1. The molecule has 1 N–H and O–H groups in total. The van der Waals surface area contributed by atoms with E-state index >= 15 is 0 Å². The van der Waals surface area contributed by atoms with Gasteiger partial charge in [0.15, 0.2) is 21.7 Å². The zero-order chi connectivity index (χ0) is 19.3. The summed E-state index contributed by atoms with van der Waals surface area (Å²) >= 11 is 1.23. The fraction of sp³-hybridized carbons (Fsp3) is 0.471. The van der Waals surface area contributed by atoms with Crippen LogP contribution in [0.4, 0.5) is 5.69 Å². The summed E-state index contributed by atoms with van der Waals surface area (Å²) in [5, 5.41) is 2.47. The summed E-state index contributed by atoms with van der Waals surface area (Å²) in [7, 11) is -2.99. The van der Waals surface area contributed by atoms with Crippen LogP contribution in [0.3, 0.4) is 0 Å². The summed E-state index contributed by atoms with van der Waals surface area (Å²) in [5.41, 5.74) is 0.732. The lowest BCUT2D eigenvalue weighted by molar-refractivity contribution is -0.150. The van der Waals surface area contributed by atoms with Crippen LogP contribution in [0.1, 0.15) is 30.6 Å². The smallest absolute Gasteiger partial charge is 0.316 e. The largest absolute Gasteiger partial charge is 0.452 e. The Hall–Kier alpha value is -1.87. The number of Topliss-reactive ketones (excluding diaryl/α,β-unsaturated/α-hetero) is 1. The van der Waals surface area contributed by atoms with Crippen molar-refractivity contribution in [1.82, 2.24) is 0 Å². The first-order chi connectivity index (χ1) is 12.2. The van der Waals surface area contributed by atoms with E-state index in [-0.39, 0.29) is 28.3 Å². The number of amides is 1. The zero-order valence-corrected chi connectivity index (χ0v) is 16.2. The number of thioether (sulfide) groups is 1. The molecule has 7 nitrogen and oxygen atoms in total. The van der Waals surface area contributed by atoms with Gasteiger partial charge in [-0.05, 0) is 32.4 Å². The van der Waals surface area contributed by atoms with Gasteiger partial charge in [-0.2, -0.15) is 0 Å². The average molecular weight is 399 g/mol. The van der Waals surface area contributed by atoms with Crippen LogP contribution in [-0.4, -0.2) is 54.7 Å². The highest BCUT2D eigenvalue weighted by molar-refractivity contribution is 8.02. The van der Waals surface area contributed by atoms with E-state index in [1.165, 1.54) is 25.6 Å². The number of nitrogens with one attached hydrogen (secondary N) is 1. The van der Waals surface area contributed by atoms with Gasteiger partial charge in [0.25, 0.3) is 5.91 Å². The molecule has 142 valence electrons. The van der Waals surface area contributed by atoms with Crippen LogP contribution >= 0.6 is 11.8 Å². The summed E-state index contributed by atoms with van der Waals surface area (Å²) in [6.45, 7) is 2.84. The van der Waals surface area contributed by atoms with Crippen LogP contribution < -0.4 is 5.32 Å². The van der Waals surface area contributed by atoms with Crippen molar-refractivity contribution in [1.29, 1.82) is 0 Å². The summed E-state index contributed by atoms with van der Waals surface area (Å²) in [5.74, 6) is -1.10. The van der Waals surface area contributed by atoms with Crippen molar-refractivity contribution in [2.45, 2.75) is 31.6 Å². The maximum absolute atomic E-state index is 12.2. The van der Waals surface area contributed by atoms with Gasteiger partial charge < -0.3 is 10.1 Å². The third-order valence-corrected chi connectivity index (χ3v) is 7.12. The van der Waals surface area contributed by atoms with Crippen LogP contribution in [-0.2, 0) is 24.2 Å². The molecule has 1 saturated heterocycles. The molecule has 0 saturated carbocycles. The highest BCUT2D eigenvalue weighted by Gasteiger charge is 2.29. The number of carbonyl (C=O) groups excluding carboxylic acids is 3. The molecule has 0 aliphatic carbocycles. The quantitative estimate of drug-likeness (QED) is 0.549. The molecule has 0 unspecified atom stereocenters. The highest BCUT2D eigenvalue weighted by atomic mass is 32.2. The molecule has 0 spiro atoms. The van der Waals surface area contributed by atoms with Gasteiger partial charge in [0.2, 0.25) is 0 Å². The van der Waals surface area contributed by atoms with E-state index in [2.05, 4.69) is 5.32 Å². The average Bonchev–Trinajstić information content (AvgIpc) is 2.92. The number of hydrogen-bond acceptors (Lipinski definition) is 7. The first-order valence-electron chi connectivity index (χ1n) is 8.10. The molecule has 0 aromatic heterocycles. The highest BCUT2D eigenvalue weighted by Crippen LogP contribution is 2.24. The van der Waals surface area contributed by atoms with Crippen molar-refractivity contribution in [3.05, 3.63) is 29.8 Å². The van der Waals surface area contributed by atoms with Gasteiger partial charge in [0.05, 0.1) is 22.9 Å². The topological polar surface area (TPSA) is 107 Å². The number of hydrogen-bond donors (Lipinski definition) is 1. The van der Waals surface area contributed by atoms with Crippen molar-refractivity contribution in [2.24, 2.45) is 0 Å². The van der Waals surface area contributed by atoms with Crippen LogP contribution in [0.5, 0.6) is 0 Å². The molecule has 2 rings (SSSR count). The first-order valence-corrected chi connectivity index (χ1v) is 11.0. The molecule has 1 aromatic carbocycles. The standard InChI is InChI=1S/C17H21NO6S2/c1-11(19)14-5-3-4-6-15(14)18-17(21)12(2)24-16(20)9-25-13-7-8-26(22,23)10-13/h3-6,12-13H,7-10H2,1-2H3,(H,18,21)/t12-,13-/m0/s1. The lowest BCUT2D eigenvalue weighted by Gasteiger charge is -2.15. The second-order valence-electron chi connectivity index (χ2n) is 6.06. The predicted molar refractivity (Wildman–Crippen MR) is 100 cm³/mol. The number of para-hydroxylation sites is 1. The van der Waals surface area contributed by atoms with Gasteiger partial charge in [-0.15, -0.1) is 11.8 Å². The molecule has 1 fully saturated rings. The minimum atomic E-state index is -2.99. The minimum absolute atomic E-state index is 0.0121. The number of ether oxygens (including phenoxy) is 1. The van der Waals surface area contributed by atoms with E-state index in [1.807, 2.05) is 0 Å². The molecule has 1 amide bonds. The Labute approximate surface area is 156 Å². The minimum Gasteiger partial charge on any atom is -0.452 e. The predicted octanol–water partition coefficient (Wildman–Crippen LogP) is 1.68. The molecule has 2 atom stereocenters. The molecule has 26 heavy (non-hydrogen) atoms. The normalized spacial score (nSPS) is 19.5. The fourth-order valence-corrected chi connectivity index (χ4v) is 5.92. The van der Waals surface area contributed by atoms with E-state index in [0.717, 1.165) is 0 Å². The third kappa shape index (κ3) is 5.84. The van der Waals surface area contributed by atoms with Crippen molar-refractivity contribution in [3.63, 3.8) is 0 Å². The summed E-state index contributed by atoms with van der Waals surface area (Å²) in [4.78, 5) is 35.6. The summed E-state index contributed by atoms with van der Waals surface area (Å²) in [6.07, 6.45) is -0.506. The van der Waals surface area contributed by atoms with Crippen molar-refractivity contribution in [3.8, 4) is 0 Å². The Morgan fingerprint density at radius 1 is 1.31 bits per heavy atom. The second-order valence-corrected chi connectivity index (χ2v) is 9.58. The Kier molecular flexibility index (Phi) is 6.82. The molecule has 0 radical (unpaired) electrons. The molecule has 0 bridgehead atoms. The molecule has 1 aliphatic heterocycles.